The van der Waals surface area contributed by atoms with Crippen LogP contribution in [0.25, 0.3) is 0 Å². The number of carbonyl (C=O) groups excluding carboxylic acids is 3. The van der Waals surface area contributed by atoms with Gasteiger partial charge in [-0.3, -0.25) is 14.4 Å². The number of aliphatic imine (C=N–C) groups is 1. The van der Waals surface area contributed by atoms with Crippen molar-refractivity contribution in [2.75, 3.05) is 19.1 Å². The molecule has 8 heteroatoms. The molecule has 0 aromatic heterocycles. The van der Waals surface area contributed by atoms with Gasteiger partial charge in [0.05, 0.1) is 11.4 Å². The fourth-order valence-electron chi connectivity index (χ4n) is 4.08. The Hall–Kier alpha value is -4.30. The third-order valence-corrected chi connectivity index (χ3v) is 6.00. The maximum atomic E-state index is 13.3. The maximum absolute atomic E-state index is 13.3. The quantitative estimate of drug-likeness (QED) is 0.539. The van der Waals surface area contributed by atoms with E-state index >= 15 is 0 Å². The van der Waals surface area contributed by atoms with Crippen molar-refractivity contribution in [3.05, 3.63) is 102 Å². The number of likely N-dealkylation sites (N-methyl/N-ethyl adjacent to an activating group) is 1. The van der Waals surface area contributed by atoms with Crippen molar-refractivity contribution in [3.63, 3.8) is 0 Å². The highest BCUT2D eigenvalue weighted by molar-refractivity contribution is 6.20. The average Bonchev–Trinajstić information content (AvgIpc) is 3.01. The van der Waals surface area contributed by atoms with Crippen molar-refractivity contribution in [2.45, 2.75) is 25.2 Å². The first-order chi connectivity index (χ1) is 17.4. The van der Waals surface area contributed by atoms with Crippen LogP contribution in [0.3, 0.4) is 0 Å². The van der Waals surface area contributed by atoms with E-state index in [2.05, 4.69) is 15.6 Å². The van der Waals surface area contributed by atoms with E-state index < -0.39 is 30.1 Å². The second-order valence-electron chi connectivity index (χ2n) is 8.43. The van der Waals surface area contributed by atoms with Gasteiger partial charge in [-0.1, -0.05) is 78.9 Å². The van der Waals surface area contributed by atoms with Crippen molar-refractivity contribution in [3.8, 4) is 0 Å². The molecule has 2 N–H and O–H groups in total. The predicted octanol–water partition coefficient (Wildman–Crippen LogP) is 2.84. The van der Waals surface area contributed by atoms with Crippen LogP contribution in [0.4, 0.5) is 5.69 Å². The summed E-state index contributed by atoms with van der Waals surface area (Å²) in [6.07, 6.45) is -2.04. The molecule has 1 heterocycles. The molecule has 0 bridgehead atoms. The highest BCUT2D eigenvalue weighted by Crippen LogP contribution is 2.27. The van der Waals surface area contributed by atoms with Gasteiger partial charge in [0.25, 0.3) is 11.8 Å². The first-order valence-corrected chi connectivity index (χ1v) is 11.6. The molecule has 0 fully saturated rings. The minimum absolute atomic E-state index is 0.390. The van der Waals surface area contributed by atoms with Crippen LogP contribution in [0.1, 0.15) is 29.7 Å². The summed E-state index contributed by atoms with van der Waals surface area (Å²) in [4.78, 5) is 45.4. The summed E-state index contributed by atoms with van der Waals surface area (Å²) in [5.41, 5.74) is 3.55. The average molecular weight is 485 g/mol. The molecular weight excluding hydrogens is 456 g/mol. The SMILES string of the molecule is CO[C@@H](C(=O)N[C@@H](C)C(=O)N[C@H]1N=C(c2ccccc2)c2ccccc2N(C)C1=O)c1ccccc1. The zero-order valence-electron chi connectivity index (χ0n) is 20.3. The van der Waals surface area contributed by atoms with Gasteiger partial charge in [-0.25, -0.2) is 4.99 Å². The van der Waals surface area contributed by atoms with Crippen LogP contribution in [0, 0.1) is 0 Å². The molecule has 36 heavy (non-hydrogen) atoms. The number of fused-ring (bicyclic) bond motifs is 1. The van der Waals surface area contributed by atoms with Crippen LogP contribution in [0.2, 0.25) is 0 Å². The molecule has 0 radical (unpaired) electrons. The van der Waals surface area contributed by atoms with Gasteiger partial charge in [-0.15, -0.1) is 0 Å². The highest BCUT2D eigenvalue weighted by atomic mass is 16.5. The van der Waals surface area contributed by atoms with Crippen LogP contribution in [-0.2, 0) is 19.1 Å². The van der Waals surface area contributed by atoms with Crippen molar-refractivity contribution in [2.24, 2.45) is 4.99 Å². The second-order valence-corrected chi connectivity index (χ2v) is 8.43. The summed E-state index contributed by atoms with van der Waals surface area (Å²) in [5, 5.41) is 5.37. The third-order valence-electron chi connectivity index (χ3n) is 6.00. The fourth-order valence-corrected chi connectivity index (χ4v) is 4.08. The number of hydrogen-bond acceptors (Lipinski definition) is 5. The van der Waals surface area contributed by atoms with Gasteiger partial charge in [0.1, 0.15) is 6.04 Å². The minimum atomic E-state index is -1.17. The number of ether oxygens (including phenoxy) is 1. The molecule has 0 saturated carbocycles. The van der Waals surface area contributed by atoms with Crippen LogP contribution >= 0.6 is 0 Å². The molecule has 3 atom stereocenters. The molecule has 184 valence electrons. The monoisotopic (exact) mass is 484 g/mol. The van der Waals surface area contributed by atoms with Crippen molar-refractivity contribution in [1.29, 1.82) is 0 Å². The summed E-state index contributed by atoms with van der Waals surface area (Å²) in [6.45, 7) is 1.55. The van der Waals surface area contributed by atoms with E-state index in [0.717, 1.165) is 11.1 Å². The van der Waals surface area contributed by atoms with E-state index in [9.17, 15) is 14.4 Å². The number of carbonyl (C=O) groups is 3. The van der Waals surface area contributed by atoms with Crippen molar-refractivity contribution >= 4 is 29.1 Å². The summed E-state index contributed by atoms with van der Waals surface area (Å²) in [6, 6.07) is 25.0. The van der Waals surface area contributed by atoms with Gasteiger partial charge in [0, 0.05) is 25.3 Å². The molecule has 4 rings (SSSR count). The van der Waals surface area contributed by atoms with Crippen LogP contribution in [-0.4, -0.2) is 49.8 Å². The van der Waals surface area contributed by atoms with Gasteiger partial charge >= 0.3 is 0 Å². The number of hydrogen-bond donors (Lipinski definition) is 2. The smallest absolute Gasteiger partial charge is 0.272 e. The van der Waals surface area contributed by atoms with E-state index in [1.807, 2.05) is 60.7 Å². The lowest BCUT2D eigenvalue weighted by Crippen LogP contribution is -2.52. The maximum Gasteiger partial charge on any atom is 0.272 e. The largest absolute Gasteiger partial charge is 0.367 e. The first-order valence-electron chi connectivity index (χ1n) is 11.6. The number of nitrogens with one attached hydrogen (secondary N) is 2. The second kappa shape index (κ2) is 11.0. The Morgan fingerprint density at radius 1 is 0.917 bits per heavy atom. The molecule has 0 aliphatic carbocycles. The summed E-state index contributed by atoms with van der Waals surface area (Å²) >= 11 is 0. The van der Waals surface area contributed by atoms with Gasteiger partial charge in [0.15, 0.2) is 6.10 Å². The summed E-state index contributed by atoms with van der Waals surface area (Å²) in [5.74, 6) is -1.39. The highest BCUT2D eigenvalue weighted by Gasteiger charge is 2.32. The number of nitrogens with zero attached hydrogens (tertiary/aromatic N) is 2. The van der Waals surface area contributed by atoms with Crippen LogP contribution in [0.5, 0.6) is 0 Å². The van der Waals surface area contributed by atoms with Crippen molar-refractivity contribution in [1.82, 2.24) is 10.6 Å². The Morgan fingerprint density at radius 2 is 1.53 bits per heavy atom. The molecule has 3 amide bonds. The van der Waals surface area contributed by atoms with Gasteiger partial charge < -0.3 is 20.3 Å². The van der Waals surface area contributed by atoms with E-state index in [1.165, 1.54) is 12.0 Å². The van der Waals surface area contributed by atoms with E-state index in [0.29, 0.717) is 17.0 Å². The van der Waals surface area contributed by atoms with E-state index in [1.54, 1.807) is 38.2 Å². The number of para-hydroxylation sites is 1. The number of anilines is 1. The lowest BCUT2D eigenvalue weighted by Gasteiger charge is -2.23. The van der Waals surface area contributed by atoms with Gasteiger partial charge in [-0.2, -0.15) is 0 Å². The molecule has 0 spiro atoms. The van der Waals surface area contributed by atoms with Crippen LogP contribution in [0.15, 0.2) is 89.9 Å². The molecule has 1 aliphatic rings. The molecule has 3 aromatic carbocycles. The third kappa shape index (κ3) is 5.18. The number of rotatable bonds is 7. The lowest BCUT2D eigenvalue weighted by atomic mass is 10.0. The summed E-state index contributed by atoms with van der Waals surface area (Å²) in [7, 11) is 3.08. The molecular formula is C28H28N4O4. The Labute approximate surface area is 210 Å². The zero-order chi connectivity index (χ0) is 25.7. The first kappa shape index (κ1) is 24.8. The fraction of sp³-hybridized carbons (Fsp3) is 0.214. The zero-order valence-corrected chi connectivity index (χ0v) is 20.3. The molecule has 0 saturated heterocycles. The topological polar surface area (TPSA) is 100 Å². The summed E-state index contributed by atoms with van der Waals surface area (Å²) < 4.78 is 5.35. The van der Waals surface area contributed by atoms with Gasteiger partial charge in [0.2, 0.25) is 12.1 Å². The number of benzodiazepines with no additional fused rings is 1. The molecule has 8 nitrogen and oxygen atoms in total. The standard InChI is InChI=1S/C28H28N4O4/c1-18(29-27(34)24(36-3)20-14-8-5-9-15-20)26(33)31-25-28(35)32(2)22-17-11-10-16-21(22)23(30-25)19-12-6-4-7-13-19/h4-18,24-25H,1-3H3,(H,29,34)(H,31,33)/t18-,24+,25+/m0/s1. The lowest BCUT2D eigenvalue weighted by molar-refractivity contribution is -0.136. The van der Waals surface area contributed by atoms with Crippen molar-refractivity contribution < 1.29 is 19.1 Å². The Kier molecular flexibility index (Phi) is 7.56. The number of benzene rings is 3. The van der Waals surface area contributed by atoms with Gasteiger partial charge in [-0.05, 0) is 18.6 Å². The molecule has 0 unspecified atom stereocenters. The Bertz CT molecular complexity index is 1280. The van der Waals surface area contributed by atoms with E-state index in [-0.39, 0.29) is 5.91 Å². The number of amides is 3. The molecule has 1 aliphatic heterocycles. The molecule has 3 aromatic rings. The van der Waals surface area contributed by atoms with E-state index in [4.69, 9.17) is 4.74 Å². The Morgan fingerprint density at radius 3 is 2.19 bits per heavy atom. The minimum Gasteiger partial charge on any atom is -0.367 e. The Balaban J connectivity index is 1.56. The number of methoxy groups -OCH3 is 1. The van der Waals surface area contributed by atoms with Crippen LogP contribution < -0.4 is 15.5 Å². The predicted molar refractivity (Wildman–Crippen MR) is 138 cm³/mol. The normalized spacial score (nSPS) is 16.8.